The summed E-state index contributed by atoms with van der Waals surface area (Å²) in [4.78, 5) is 11.9. The van der Waals surface area contributed by atoms with Crippen LogP contribution in [0, 0.1) is 11.6 Å². The molecule has 0 saturated heterocycles. The van der Waals surface area contributed by atoms with Gasteiger partial charge in [-0.2, -0.15) is 0 Å². The molecule has 3 rings (SSSR count). The predicted molar refractivity (Wildman–Crippen MR) is 98.3 cm³/mol. The number of anilines is 1. The lowest BCUT2D eigenvalue weighted by Gasteiger charge is -2.09. The quantitative estimate of drug-likeness (QED) is 0.639. The lowest BCUT2D eigenvalue weighted by atomic mass is 10.2. The summed E-state index contributed by atoms with van der Waals surface area (Å²) in [7, 11) is -3.22. The van der Waals surface area contributed by atoms with Crippen LogP contribution in [0.4, 0.5) is 14.5 Å². The Labute approximate surface area is 158 Å². The van der Waals surface area contributed by atoms with Gasteiger partial charge in [0.1, 0.15) is 21.4 Å². The van der Waals surface area contributed by atoms with Crippen molar-refractivity contribution in [2.75, 3.05) is 11.8 Å². The molecular weight excluding hydrogens is 396 g/mol. The first-order valence-electron chi connectivity index (χ1n) is 7.57. The van der Waals surface area contributed by atoms with E-state index < -0.39 is 32.5 Å². The van der Waals surface area contributed by atoms with Crippen LogP contribution in [0.3, 0.4) is 0 Å². The fourth-order valence-corrected chi connectivity index (χ4v) is 4.57. The first kappa shape index (κ1) is 19.0. The SMILES string of the molecule is COC(=O)c1sc(-c2ccccc2)cc1NS(=O)(=O)c1ccc(F)cc1F. The number of carbonyl (C=O) groups excluding carboxylic acids is 1. The maximum atomic E-state index is 13.9. The molecule has 0 aliphatic carbocycles. The molecule has 0 radical (unpaired) electrons. The fraction of sp³-hybridized carbons (Fsp3) is 0.0556. The third-order valence-electron chi connectivity index (χ3n) is 3.59. The summed E-state index contributed by atoms with van der Waals surface area (Å²) >= 11 is 1.03. The van der Waals surface area contributed by atoms with Crippen molar-refractivity contribution in [3.8, 4) is 10.4 Å². The van der Waals surface area contributed by atoms with Gasteiger partial charge >= 0.3 is 5.97 Å². The second kappa shape index (κ2) is 7.45. The first-order valence-corrected chi connectivity index (χ1v) is 9.87. The first-order chi connectivity index (χ1) is 12.8. The van der Waals surface area contributed by atoms with Gasteiger partial charge in [0.25, 0.3) is 10.0 Å². The van der Waals surface area contributed by atoms with Crippen LogP contribution in [0.25, 0.3) is 10.4 Å². The molecule has 140 valence electrons. The number of ether oxygens (including phenoxy) is 1. The van der Waals surface area contributed by atoms with Gasteiger partial charge in [0.05, 0.1) is 12.8 Å². The molecule has 0 unspecified atom stereocenters. The van der Waals surface area contributed by atoms with Gasteiger partial charge in [-0.15, -0.1) is 11.3 Å². The second-order valence-corrected chi connectivity index (χ2v) is 8.09. The highest BCUT2D eigenvalue weighted by atomic mass is 32.2. The van der Waals surface area contributed by atoms with Crippen LogP contribution in [-0.2, 0) is 14.8 Å². The van der Waals surface area contributed by atoms with Crippen molar-refractivity contribution >= 4 is 33.0 Å². The van der Waals surface area contributed by atoms with E-state index in [-0.39, 0.29) is 10.6 Å². The third kappa shape index (κ3) is 3.99. The zero-order valence-electron chi connectivity index (χ0n) is 13.9. The van der Waals surface area contributed by atoms with E-state index in [4.69, 9.17) is 4.74 Å². The maximum Gasteiger partial charge on any atom is 0.350 e. The van der Waals surface area contributed by atoms with Gasteiger partial charge in [-0.05, 0) is 23.8 Å². The molecule has 1 N–H and O–H groups in total. The predicted octanol–water partition coefficient (Wildman–Crippen LogP) is 4.28. The molecule has 0 fully saturated rings. The van der Waals surface area contributed by atoms with Crippen molar-refractivity contribution < 1.29 is 26.7 Å². The maximum absolute atomic E-state index is 13.9. The summed E-state index contributed by atoms with van der Waals surface area (Å²) in [6.45, 7) is 0. The molecule has 9 heteroatoms. The van der Waals surface area contributed by atoms with E-state index in [1.165, 1.54) is 13.2 Å². The van der Waals surface area contributed by atoms with Crippen molar-refractivity contribution in [1.29, 1.82) is 0 Å². The molecule has 0 aliphatic heterocycles. The zero-order chi connectivity index (χ0) is 19.6. The van der Waals surface area contributed by atoms with Crippen LogP contribution in [0.2, 0.25) is 0 Å². The van der Waals surface area contributed by atoms with Crippen LogP contribution in [0.15, 0.2) is 59.5 Å². The van der Waals surface area contributed by atoms with Gasteiger partial charge < -0.3 is 4.74 Å². The molecule has 27 heavy (non-hydrogen) atoms. The van der Waals surface area contributed by atoms with E-state index in [1.807, 2.05) is 6.07 Å². The van der Waals surface area contributed by atoms with Crippen molar-refractivity contribution in [2.45, 2.75) is 4.90 Å². The Morgan fingerprint density at radius 1 is 1.07 bits per heavy atom. The van der Waals surface area contributed by atoms with E-state index in [2.05, 4.69) is 4.72 Å². The fourth-order valence-electron chi connectivity index (χ4n) is 2.35. The smallest absolute Gasteiger partial charge is 0.350 e. The number of rotatable bonds is 5. The highest BCUT2D eigenvalue weighted by molar-refractivity contribution is 7.92. The van der Waals surface area contributed by atoms with E-state index in [9.17, 15) is 22.0 Å². The molecule has 2 aromatic carbocycles. The van der Waals surface area contributed by atoms with Crippen LogP contribution < -0.4 is 4.72 Å². The van der Waals surface area contributed by atoms with E-state index in [0.29, 0.717) is 10.9 Å². The Hall–Kier alpha value is -2.78. The number of hydrogen-bond acceptors (Lipinski definition) is 5. The number of methoxy groups -OCH3 is 1. The van der Waals surface area contributed by atoms with Gasteiger partial charge in [-0.1, -0.05) is 30.3 Å². The third-order valence-corrected chi connectivity index (χ3v) is 6.15. The van der Waals surface area contributed by atoms with E-state index in [1.54, 1.807) is 24.3 Å². The molecule has 0 saturated carbocycles. The molecular formula is C18H13F2NO4S2. The highest BCUT2D eigenvalue weighted by Crippen LogP contribution is 2.36. The molecule has 1 aromatic heterocycles. The minimum atomic E-state index is -4.39. The molecule has 0 spiro atoms. The van der Waals surface area contributed by atoms with Crippen LogP contribution in [0.5, 0.6) is 0 Å². The summed E-state index contributed by atoms with van der Waals surface area (Å²) in [5.41, 5.74) is 0.723. The summed E-state index contributed by atoms with van der Waals surface area (Å²) in [5, 5.41) is 0. The lowest BCUT2D eigenvalue weighted by molar-refractivity contribution is 0.0607. The Kier molecular flexibility index (Phi) is 5.24. The summed E-state index contributed by atoms with van der Waals surface area (Å²) in [6.07, 6.45) is 0. The number of hydrogen-bond donors (Lipinski definition) is 1. The van der Waals surface area contributed by atoms with Crippen molar-refractivity contribution in [3.05, 3.63) is 71.1 Å². The molecule has 0 atom stereocenters. The molecule has 0 amide bonds. The minimum absolute atomic E-state index is 0.0162. The Balaban J connectivity index is 2.05. The average Bonchev–Trinajstić information content (AvgIpc) is 3.04. The Morgan fingerprint density at radius 2 is 1.78 bits per heavy atom. The van der Waals surface area contributed by atoms with Gasteiger partial charge in [0, 0.05) is 10.9 Å². The van der Waals surface area contributed by atoms with Crippen LogP contribution in [-0.4, -0.2) is 21.5 Å². The summed E-state index contributed by atoms with van der Waals surface area (Å²) in [6, 6.07) is 12.6. The van der Waals surface area contributed by atoms with Crippen molar-refractivity contribution in [1.82, 2.24) is 0 Å². The molecule has 5 nitrogen and oxygen atoms in total. The topological polar surface area (TPSA) is 72.5 Å². The number of sulfonamides is 1. The minimum Gasteiger partial charge on any atom is -0.465 e. The van der Waals surface area contributed by atoms with Crippen LogP contribution >= 0.6 is 11.3 Å². The Morgan fingerprint density at radius 3 is 2.41 bits per heavy atom. The average molecular weight is 409 g/mol. The number of esters is 1. The highest BCUT2D eigenvalue weighted by Gasteiger charge is 2.25. The van der Waals surface area contributed by atoms with Crippen LogP contribution in [0.1, 0.15) is 9.67 Å². The largest absolute Gasteiger partial charge is 0.465 e. The van der Waals surface area contributed by atoms with Gasteiger partial charge in [-0.3, -0.25) is 4.72 Å². The van der Waals surface area contributed by atoms with E-state index in [0.717, 1.165) is 29.0 Å². The molecule has 3 aromatic rings. The zero-order valence-corrected chi connectivity index (χ0v) is 15.5. The van der Waals surface area contributed by atoms with Crippen molar-refractivity contribution in [2.24, 2.45) is 0 Å². The summed E-state index contributed by atoms with van der Waals surface area (Å²) < 4.78 is 58.9. The van der Waals surface area contributed by atoms with Gasteiger partial charge in [-0.25, -0.2) is 22.0 Å². The Bertz CT molecular complexity index is 1100. The van der Waals surface area contributed by atoms with E-state index >= 15 is 0 Å². The van der Waals surface area contributed by atoms with Gasteiger partial charge in [0.2, 0.25) is 0 Å². The molecule has 1 heterocycles. The molecule has 0 bridgehead atoms. The standard InChI is InChI=1S/C18H13F2NO4S2/c1-25-18(22)17-14(10-15(26-17)11-5-3-2-4-6-11)21-27(23,24)16-8-7-12(19)9-13(16)20/h2-10,21H,1H3. The number of halogens is 2. The number of nitrogens with one attached hydrogen (secondary N) is 1. The number of benzene rings is 2. The monoisotopic (exact) mass is 409 g/mol. The number of thiophene rings is 1. The molecule has 0 aliphatic rings. The lowest BCUT2D eigenvalue weighted by Crippen LogP contribution is -2.16. The number of carbonyl (C=O) groups is 1. The van der Waals surface area contributed by atoms with Gasteiger partial charge in [0.15, 0.2) is 0 Å². The normalized spacial score (nSPS) is 11.2. The summed E-state index contributed by atoms with van der Waals surface area (Å²) in [5.74, 6) is -2.87. The second-order valence-electron chi connectivity index (χ2n) is 5.39. The van der Waals surface area contributed by atoms with Crippen molar-refractivity contribution in [3.63, 3.8) is 0 Å².